The Balaban J connectivity index is 2.71. The highest BCUT2D eigenvalue weighted by atomic mass is 35.5. The molecule has 4 nitrogen and oxygen atoms in total. The summed E-state index contributed by atoms with van der Waals surface area (Å²) < 4.78 is 0. The first-order chi connectivity index (χ1) is 7.61. The molecule has 0 saturated heterocycles. The maximum absolute atomic E-state index is 10.8. The molecule has 6 heteroatoms. The molecule has 1 aromatic heterocycles. The van der Waals surface area contributed by atoms with Crippen LogP contribution in [0.15, 0.2) is 23.4 Å². The highest BCUT2D eigenvalue weighted by molar-refractivity contribution is 7.98. The van der Waals surface area contributed by atoms with Crippen molar-refractivity contribution in [2.75, 3.05) is 6.26 Å². The minimum absolute atomic E-state index is 0.189. The molecule has 1 N–H and O–H groups in total. The van der Waals surface area contributed by atoms with Gasteiger partial charge in [-0.25, -0.2) is 14.8 Å². The number of thioether (sulfide) groups is 1. The summed E-state index contributed by atoms with van der Waals surface area (Å²) in [5, 5.41) is 10.4. The average Bonchev–Trinajstić information content (AvgIpc) is 2.28. The summed E-state index contributed by atoms with van der Waals surface area (Å²) in [6, 6.07) is 4.59. The van der Waals surface area contributed by atoms with E-state index in [0.717, 1.165) is 0 Å². The third-order valence-electron chi connectivity index (χ3n) is 2.06. The van der Waals surface area contributed by atoms with E-state index in [4.69, 9.17) is 16.7 Å². The molecule has 2 rings (SSSR count). The van der Waals surface area contributed by atoms with E-state index >= 15 is 0 Å². The van der Waals surface area contributed by atoms with Gasteiger partial charge in [-0.05, 0) is 24.5 Å². The molecule has 0 amide bonds. The number of carbonyl (C=O) groups is 1. The van der Waals surface area contributed by atoms with E-state index in [-0.39, 0.29) is 5.56 Å². The molecular weight excluding hydrogens is 248 g/mol. The van der Waals surface area contributed by atoms with Gasteiger partial charge in [0.15, 0.2) is 5.16 Å². The van der Waals surface area contributed by atoms with E-state index in [1.54, 1.807) is 6.07 Å². The number of rotatable bonds is 2. The summed E-state index contributed by atoms with van der Waals surface area (Å²) in [7, 11) is 0. The lowest BCUT2D eigenvalue weighted by Gasteiger charge is -2.03. The van der Waals surface area contributed by atoms with Crippen molar-refractivity contribution in [2.45, 2.75) is 5.16 Å². The Kier molecular flexibility index (Phi) is 2.98. The predicted molar refractivity (Wildman–Crippen MR) is 63.3 cm³/mol. The summed E-state index contributed by atoms with van der Waals surface area (Å²) in [5.74, 6) is -0.984. The van der Waals surface area contributed by atoms with Crippen molar-refractivity contribution in [2.24, 2.45) is 0 Å². The number of hydrogen-bond acceptors (Lipinski definition) is 4. The van der Waals surface area contributed by atoms with Crippen LogP contribution in [-0.4, -0.2) is 27.3 Å². The first-order valence-corrected chi connectivity index (χ1v) is 5.96. The number of aromatic carboxylic acids is 1. The zero-order valence-electron chi connectivity index (χ0n) is 8.27. The van der Waals surface area contributed by atoms with E-state index in [9.17, 15) is 4.79 Å². The van der Waals surface area contributed by atoms with Crippen molar-refractivity contribution in [3.63, 3.8) is 0 Å². The molecule has 82 valence electrons. The molecule has 0 radical (unpaired) electrons. The molecule has 0 atom stereocenters. The second-order valence-electron chi connectivity index (χ2n) is 3.04. The van der Waals surface area contributed by atoms with Gasteiger partial charge in [0, 0.05) is 5.39 Å². The SMILES string of the molecule is CSc1nc(Cl)c2ccc(C(=O)O)cc2n1. The monoisotopic (exact) mass is 254 g/mol. The third kappa shape index (κ3) is 1.96. The zero-order valence-corrected chi connectivity index (χ0v) is 9.84. The van der Waals surface area contributed by atoms with Gasteiger partial charge < -0.3 is 5.11 Å². The Bertz CT molecular complexity index is 574. The van der Waals surface area contributed by atoms with Crippen molar-refractivity contribution in [3.05, 3.63) is 28.9 Å². The summed E-state index contributed by atoms with van der Waals surface area (Å²) >= 11 is 7.32. The third-order valence-corrected chi connectivity index (χ3v) is 2.90. The van der Waals surface area contributed by atoms with E-state index in [1.165, 1.54) is 23.9 Å². The molecule has 0 saturated carbocycles. The summed E-state index contributed by atoms with van der Waals surface area (Å²) in [5.41, 5.74) is 0.735. The number of nitrogens with zero attached hydrogens (tertiary/aromatic N) is 2. The Morgan fingerprint density at radius 1 is 1.44 bits per heavy atom. The number of halogens is 1. The Hall–Kier alpha value is -1.33. The van der Waals surface area contributed by atoms with Crippen molar-refractivity contribution in [3.8, 4) is 0 Å². The van der Waals surface area contributed by atoms with E-state index in [0.29, 0.717) is 21.2 Å². The molecule has 16 heavy (non-hydrogen) atoms. The van der Waals surface area contributed by atoms with Gasteiger partial charge in [-0.2, -0.15) is 0 Å². The Morgan fingerprint density at radius 3 is 2.81 bits per heavy atom. The molecular formula is C10H7ClN2O2S. The van der Waals surface area contributed by atoms with Gasteiger partial charge in [0.05, 0.1) is 11.1 Å². The Morgan fingerprint density at radius 2 is 2.19 bits per heavy atom. The van der Waals surface area contributed by atoms with E-state index < -0.39 is 5.97 Å². The highest BCUT2D eigenvalue weighted by Crippen LogP contribution is 2.24. The summed E-state index contributed by atoms with van der Waals surface area (Å²) in [4.78, 5) is 19.1. The normalized spacial score (nSPS) is 10.6. The van der Waals surface area contributed by atoms with Crippen molar-refractivity contribution in [1.29, 1.82) is 0 Å². The van der Waals surface area contributed by atoms with Crippen LogP contribution in [0, 0.1) is 0 Å². The van der Waals surface area contributed by atoms with Crippen LogP contribution in [0.2, 0.25) is 5.15 Å². The lowest BCUT2D eigenvalue weighted by atomic mass is 10.1. The van der Waals surface area contributed by atoms with Gasteiger partial charge >= 0.3 is 5.97 Å². The fourth-order valence-corrected chi connectivity index (χ4v) is 1.96. The molecule has 0 aliphatic carbocycles. The molecule has 0 fully saturated rings. The molecule has 2 aromatic rings. The summed E-state index contributed by atoms with van der Waals surface area (Å²) in [6.45, 7) is 0. The molecule has 1 aromatic carbocycles. The largest absolute Gasteiger partial charge is 0.478 e. The standard InChI is InChI=1S/C10H7ClN2O2S/c1-16-10-12-7-4-5(9(14)15)2-3-6(7)8(11)13-10/h2-4H,1H3,(H,14,15). The fourth-order valence-electron chi connectivity index (χ4n) is 1.30. The molecule has 0 aliphatic rings. The molecule has 1 heterocycles. The smallest absolute Gasteiger partial charge is 0.335 e. The van der Waals surface area contributed by atoms with Gasteiger partial charge in [-0.1, -0.05) is 23.4 Å². The van der Waals surface area contributed by atoms with Gasteiger partial charge in [0.1, 0.15) is 5.15 Å². The van der Waals surface area contributed by atoms with Gasteiger partial charge in [-0.3, -0.25) is 0 Å². The van der Waals surface area contributed by atoms with Crippen LogP contribution < -0.4 is 0 Å². The second kappa shape index (κ2) is 4.27. The first kappa shape index (κ1) is 11.2. The number of fused-ring (bicyclic) bond motifs is 1. The minimum atomic E-state index is -0.984. The first-order valence-electron chi connectivity index (χ1n) is 4.36. The Labute approximate surface area is 101 Å². The highest BCUT2D eigenvalue weighted by Gasteiger charge is 2.09. The topological polar surface area (TPSA) is 63.1 Å². The minimum Gasteiger partial charge on any atom is -0.478 e. The maximum Gasteiger partial charge on any atom is 0.335 e. The number of carboxylic acid groups (broad SMARTS) is 1. The average molecular weight is 255 g/mol. The maximum atomic E-state index is 10.8. The lowest BCUT2D eigenvalue weighted by Crippen LogP contribution is -1.97. The van der Waals surface area contributed by atoms with Crippen LogP contribution in [0.4, 0.5) is 0 Å². The van der Waals surface area contributed by atoms with Gasteiger partial charge in [-0.15, -0.1) is 0 Å². The van der Waals surface area contributed by atoms with Crippen molar-refractivity contribution < 1.29 is 9.90 Å². The van der Waals surface area contributed by atoms with Crippen molar-refractivity contribution >= 4 is 40.2 Å². The second-order valence-corrected chi connectivity index (χ2v) is 4.17. The molecule has 0 aliphatic heterocycles. The van der Waals surface area contributed by atoms with Crippen LogP contribution in [0.25, 0.3) is 10.9 Å². The van der Waals surface area contributed by atoms with Crippen LogP contribution in [-0.2, 0) is 0 Å². The van der Waals surface area contributed by atoms with Gasteiger partial charge in [0.25, 0.3) is 0 Å². The number of aromatic nitrogens is 2. The van der Waals surface area contributed by atoms with E-state index in [2.05, 4.69) is 9.97 Å². The van der Waals surface area contributed by atoms with Crippen LogP contribution >= 0.6 is 23.4 Å². The quantitative estimate of drug-likeness (QED) is 0.507. The number of carboxylic acids is 1. The molecule has 0 spiro atoms. The fraction of sp³-hybridized carbons (Fsp3) is 0.100. The van der Waals surface area contributed by atoms with Crippen LogP contribution in [0.3, 0.4) is 0 Å². The van der Waals surface area contributed by atoms with E-state index in [1.807, 2.05) is 6.26 Å². The zero-order chi connectivity index (χ0) is 11.7. The van der Waals surface area contributed by atoms with Crippen LogP contribution in [0.1, 0.15) is 10.4 Å². The molecule has 0 bridgehead atoms. The summed E-state index contributed by atoms with van der Waals surface area (Å²) in [6.07, 6.45) is 1.83. The van der Waals surface area contributed by atoms with Gasteiger partial charge in [0.2, 0.25) is 0 Å². The van der Waals surface area contributed by atoms with Crippen LogP contribution in [0.5, 0.6) is 0 Å². The predicted octanol–water partition coefficient (Wildman–Crippen LogP) is 2.70. The molecule has 0 unspecified atom stereocenters. The van der Waals surface area contributed by atoms with Crippen molar-refractivity contribution in [1.82, 2.24) is 9.97 Å². The number of benzene rings is 1. The number of hydrogen-bond donors (Lipinski definition) is 1. The lowest BCUT2D eigenvalue weighted by molar-refractivity contribution is 0.0697.